The van der Waals surface area contributed by atoms with Gasteiger partial charge in [0.1, 0.15) is 17.5 Å². The fourth-order valence-corrected chi connectivity index (χ4v) is 3.06. The smallest absolute Gasteiger partial charge is 0.407 e. The molecule has 1 unspecified atom stereocenters. The summed E-state index contributed by atoms with van der Waals surface area (Å²) in [5.41, 5.74) is 2.00. The van der Waals surface area contributed by atoms with Crippen LogP contribution in [0.3, 0.4) is 0 Å². The lowest BCUT2D eigenvalue weighted by Gasteiger charge is -2.25. The highest BCUT2D eigenvalue weighted by atomic mass is 19.1. The van der Waals surface area contributed by atoms with Crippen LogP contribution in [-0.4, -0.2) is 47.7 Å². The first-order valence-corrected chi connectivity index (χ1v) is 8.77. The van der Waals surface area contributed by atoms with Gasteiger partial charge in [-0.05, 0) is 36.8 Å². The van der Waals surface area contributed by atoms with E-state index in [1.807, 2.05) is 19.1 Å². The molecule has 0 radical (unpaired) electrons. The Kier molecular flexibility index (Phi) is 4.59. The van der Waals surface area contributed by atoms with Crippen molar-refractivity contribution in [3.63, 3.8) is 0 Å². The lowest BCUT2D eigenvalue weighted by Crippen LogP contribution is -2.32. The minimum absolute atomic E-state index is 0.252. The van der Waals surface area contributed by atoms with E-state index in [0.717, 1.165) is 10.6 Å². The first-order valence-electron chi connectivity index (χ1n) is 8.77. The Bertz CT molecular complexity index is 1170. The molecule has 1 amide bonds. The fraction of sp³-hybridized carbons (Fsp3) is 0.158. The van der Waals surface area contributed by atoms with Crippen LogP contribution in [0.15, 0.2) is 48.7 Å². The molecule has 0 saturated carbocycles. The van der Waals surface area contributed by atoms with Gasteiger partial charge in [-0.2, -0.15) is 10.1 Å². The third-order valence-electron chi connectivity index (χ3n) is 4.47. The van der Waals surface area contributed by atoms with Crippen molar-refractivity contribution in [1.29, 1.82) is 0 Å². The molecular formula is C19H18FN7O2. The molecule has 3 heterocycles. The molecule has 0 aliphatic carbocycles. The van der Waals surface area contributed by atoms with E-state index in [9.17, 15) is 14.3 Å². The van der Waals surface area contributed by atoms with E-state index in [1.54, 1.807) is 16.7 Å². The number of benzene rings is 1. The number of amides is 1. The Balaban J connectivity index is 1.84. The van der Waals surface area contributed by atoms with Gasteiger partial charge in [0.15, 0.2) is 11.6 Å². The van der Waals surface area contributed by atoms with Gasteiger partial charge in [0.25, 0.3) is 0 Å². The van der Waals surface area contributed by atoms with Crippen LogP contribution < -0.4 is 5.32 Å². The molecule has 148 valence electrons. The molecule has 0 aliphatic rings. The summed E-state index contributed by atoms with van der Waals surface area (Å²) in [4.78, 5) is 21.9. The molecule has 1 aromatic carbocycles. The van der Waals surface area contributed by atoms with E-state index in [2.05, 4.69) is 25.5 Å². The third-order valence-corrected chi connectivity index (χ3v) is 4.47. The van der Waals surface area contributed by atoms with Gasteiger partial charge < -0.3 is 10.4 Å². The zero-order valence-corrected chi connectivity index (χ0v) is 15.7. The Morgan fingerprint density at radius 2 is 2.03 bits per heavy atom. The van der Waals surface area contributed by atoms with E-state index in [0.29, 0.717) is 23.0 Å². The summed E-state index contributed by atoms with van der Waals surface area (Å²) in [6, 6.07) is 10.2. The summed E-state index contributed by atoms with van der Waals surface area (Å²) >= 11 is 0. The van der Waals surface area contributed by atoms with Crippen LogP contribution in [0.1, 0.15) is 23.1 Å². The molecule has 1 atom stereocenters. The van der Waals surface area contributed by atoms with Gasteiger partial charge in [-0.1, -0.05) is 12.1 Å². The first kappa shape index (κ1) is 18.4. The summed E-state index contributed by atoms with van der Waals surface area (Å²) in [6.45, 7) is 1.88. The summed E-state index contributed by atoms with van der Waals surface area (Å²) in [5.74, 6) is 0.826. The summed E-state index contributed by atoms with van der Waals surface area (Å²) in [5, 5.41) is 19.7. The average molecular weight is 395 g/mol. The second kappa shape index (κ2) is 7.23. The highest BCUT2D eigenvalue weighted by Gasteiger charge is 2.27. The number of hydrogen-bond acceptors (Lipinski definition) is 5. The maximum Gasteiger partial charge on any atom is 0.407 e. The van der Waals surface area contributed by atoms with Crippen molar-refractivity contribution >= 4 is 23.5 Å². The summed E-state index contributed by atoms with van der Waals surface area (Å²) < 4.78 is 15.1. The number of nitrogens with one attached hydrogen (secondary N) is 2. The summed E-state index contributed by atoms with van der Waals surface area (Å²) in [7, 11) is 1.42. The SMILES string of the molecule is Cc1cc(Nc2nc(C(c3ccc(F)cc3)N(C)C(=O)O)nc3cccn23)n[nH]1. The number of aryl methyl sites for hydroxylation is 1. The number of H-pyrrole nitrogens is 1. The lowest BCUT2D eigenvalue weighted by atomic mass is 10.1. The van der Waals surface area contributed by atoms with Crippen LogP contribution in [0.2, 0.25) is 0 Å². The average Bonchev–Trinajstić information content (AvgIpc) is 3.32. The molecule has 10 heteroatoms. The maximum atomic E-state index is 13.4. The molecule has 4 aromatic rings. The predicted molar refractivity (Wildman–Crippen MR) is 104 cm³/mol. The molecule has 9 nitrogen and oxygen atoms in total. The van der Waals surface area contributed by atoms with Gasteiger partial charge in [-0.3, -0.25) is 14.4 Å². The van der Waals surface area contributed by atoms with E-state index in [-0.39, 0.29) is 5.82 Å². The number of aromatic nitrogens is 5. The number of nitrogens with zero attached hydrogens (tertiary/aromatic N) is 5. The van der Waals surface area contributed by atoms with Crippen LogP contribution >= 0.6 is 0 Å². The maximum absolute atomic E-state index is 13.4. The van der Waals surface area contributed by atoms with Crippen molar-refractivity contribution in [2.24, 2.45) is 0 Å². The van der Waals surface area contributed by atoms with Gasteiger partial charge in [-0.15, -0.1) is 0 Å². The molecule has 0 aliphatic heterocycles. The van der Waals surface area contributed by atoms with Crippen LogP contribution in [0.5, 0.6) is 0 Å². The van der Waals surface area contributed by atoms with Crippen molar-refractivity contribution in [1.82, 2.24) is 29.5 Å². The minimum atomic E-state index is -1.16. The summed E-state index contributed by atoms with van der Waals surface area (Å²) in [6.07, 6.45) is 0.630. The van der Waals surface area contributed by atoms with Gasteiger partial charge in [-0.25, -0.2) is 14.2 Å². The monoisotopic (exact) mass is 395 g/mol. The molecule has 3 N–H and O–H groups in total. The number of aromatic amines is 1. The highest BCUT2D eigenvalue weighted by molar-refractivity contribution is 5.66. The first-order chi connectivity index (χ1) is 13.9. The Hall–Kier alpha value is -3.95. The van der Waals surface area contributed by atoms with Crippen molar-refractivity contribution in [2.45, 2.75) is 13.0 Å². The molecule has 0 saturated heterocycles. The number of carbonyl (C=O) groups is 1. The van der Waals surface area contributed by atoms with Crippen molar-refractivity contribution in [3.05, 3.63) is 71.6 Å². The Morgan fingerprint density at radius 3 is 2.69 bits per heavy atom. The van der Waals surface area contributed by atoms with E-state index < -0.39 is 18.0 Å². The van der Waals surface area contributed by atoms with Crippen molar-refractivity contribution < 1.29 is 14.3 Å². The molecule has 0 bridgehead atoms. The van der Waals surface area contributed by atoms with Crippen molar-refractivity contribution in [2.75, 3.05) is 12.4 Å². The third kappa shape index (κ3) is 3.59. The highest BCUT2D eigenvalue weighted by Crippen LogP contribution is 2.28. The molecular weight excluding hydrogens is 377 g/mol. The van der Waals surface area contributed by atoms with Gasteiger partial charge in [0, 0.05) is 25.0 Å². The van der Waals surface area contributed by atoms with Gasteiger partial charge in [0.2, 0.25) is 5.95 Å². The minimum Gasteiger partial charge on any atom is -0.465 e. The Morgan fingerprint density at radius 1 is 1.28 bits per heavy atom. The predicted octanol–water partition coefficient (Wildman–Crippen LogP) is 3.34. The van der Waals surface area contributed by atoms with Crippen LogP contribution in [0.4, 0.5) is 21.0 Å². The van der Waals surface area contributed by atoms with E-state index >= 15 is 0 Å². The van der Waals surface area contributed by atoms with E-state index in [1.165, 1.54) is 31.3 Å². The number of halogens is 1. The number of rotatable bonds is 5. The van der Waals surface area contributed by atoms with Crippen LogP contribution in [0.25, 0.3) is 5.65 Å². The van der Waals surface area contributed by atoms with E-state index in [4.69, 9.17) is 0 Å². The lowest BCUT2D eigenvalue weighted by molar-refractivity contribution is 0.144. The van der Waals surface area contributed by atoms with Crippen LogP contribution in [0, 0.1) is 12.7 Å². The quantitative estimate of drug-likeness (QED) is 0.478. The van der Waals surface area contributed by atoms with Crippen LogP contribution in [-0.2, 0) is 0 Å². The number of anilines is 2. The topological polar surface area (TPSA) is 111 Å². The molecule has 29 heavy (non-hydrogen) atoms. The molecule has 4 rings (SSSR count). The van der Waals surface area contributed by atoms with Gasteiger partial charge in [0.05, 0.1) is 0 Å². The number of hydrogen-bond donors (Lipinski definition) is 3. The largest absolute Gasteiger partial charge is 0.465 e. The second-order valence-corrected chi connectivity index (χ2v) is 6.55. The van der Waals surface area contributed by atoms with Gasteiger partial charge >= 0.3 is 6.09 Å². The van der Waals surface area contributed by atoms with Crippen molar-refractivity contribution in [3.8, 4) is 0 Å². The Labute approximate surface area is 164 Å². The molecule has 3 aromatic heterocycles. The zero-order chi connectivity index (χ0) is 20.5. The number of carboxylic acid groups (broad SMARTS) is 1. The molecule has 0 spiro atoms. The fourth-order valence-electron chi connectivity index (χ4n) is 3.06. The number of fused-ring (bicyclic) bond motifs is 1. The second-order valence-electron chi connectivity index (χ2n) is 6.55. The normalized spacial score (nSPS) is 12.1. The standard InChI is InChI=1S/C19H18FN7O2/c1-11-10-14(25-24-11)21-18-23-17(22-15-4-3-9-27(15)18)16(26(2)19(28)29)12-5-7-13(20)8-6-12/h3-10,16H,1-2H3,(H,28,29)(H2,21,22,23,24,25). The zero-order valence-electron chi connectivity index (χ0n) is 15.7. The molecule has 0 fully saturated rings.